The Morgan fingerprint density at radius 1 is 0.897 bits per heavy atom. The molecule has 0 aliphatic carbocycles. The number of rotatable bonds is 8. The van der Waals surface area contributed by atoms with Crippen LogP contribution in [-0.4, -0.2) is 24.4 Å². The zero-order chi connectivity index (χ0) is 21.4. The molecule has 2 aromatic carbocycles. The van der Waals surface area contributed by atoms with Gasteiger partial charge in [0.05, 0.1) is 10.0 Å². The zero-order valence-corrected chi connectivity index (χ0v) is 17.7. The summed E-state index contributed by atoms with van der Waals surface area (Å²) in [7, 11) is 0. The second-order valence-corrected chi connectivity index (χ2v) is 7.32. The summed E-state index contributed by atoms with van der Waals surface area (Å²) in [6.07, 6.45) is 0.458. The molecule has 0 fully saturated rings. The Hall–Kier alpha value is -2.57. The van der Waals surface area contributed by atoms with Crippen LogP contribution in [-0.2, 0) is 19.1 Å². The first-order valence-electron chi connectivity index (χ1n) is 9.03. The molecule has 6 nitrogen and oxygen atoms in total. The van der Waals surface area contributed by atoms with Gasteiger partial charge in [-0.2, -0.15) is 0 Å². The van der Waals surface area contributed by atoms with E-state index < -0.39 is 11.9 Å². The van der Waals surface area contributed by atoms with E-state index in [1.807, 2.05) is 32.0 Å². The zero-order valence-electron chi connectivity index (χ0n) is 16.2. The van der Waals surface area contributed by atoms with Crippen molar-refractivity contribution < 1.29 is 19.1 Å². The van der Waals surface area contributed by atoms with Gasteiger partial charge < -0.3 is 15.4 Å². The van der Waals surface area contributed by atoms with E-state index in [1.54, 1.807) is 18.2 Å². The van der Waals surface area contributed by atoms with Crippen molar-refractivity contribution in [3.05, 3.63) is 57.6 Å². The predicted octanol–water partition coefficient (Wildman–Crippen LogP) is 4.90. The quantitative estimate of drug-likeness (QED) is 0.576. The highest BCUT2D eigenvalue weighted by Gasteiger charge is 2.11. The van der Waals surface area contributed by atoms with Gasteiger partial charge in [-0.3, -0.25) is 14.4 Å². The van der Waals surface area contributed by atoms with Crippen molar-refractivity contribution in [1.82, 2.24) is 0 Å². The van der Waals surface area contributed by atoms with Gasteiger partial charge in [0, 0.05) is 24.2 Å². The maximum atomic E-state index is 12.0. The number of halogens is 2. The summed E-state index contributed by atoms with van der Waals surface area (Å²) in [6.45, 7) is 3.40. The lowest BCUT2D eigenvalue weighted by Gasteiger charge is -2.11. The number of benzene rings is 2. The molecule has 29 heavy (non-hydrogen) atoms. The average molecular weight is 437 g/mol. The van der Waals surface area contributed by atoms with E-state index in [9.17, 15) is 14.4 Å². The summed E-state index contributed by atoms with van der Waals surface area (Å²) in [6, 6.07) is 10.4. The van der Waals surface area contributed by atoms with E-state index in [4.69, 9.17) is 27.9 Å². The number of nitrogens with one attached hydrogen (secondary N) is 2. The van der Waals surface area contributed by atoms with Gasteiger partial charge in [-0.15, -0.1) is 0 Å². The van der Waals surface area contributed by atoms with Crippen LogP contribution in [0.15, 0.2) is 36.4 Å². The molecule has 0 aromatic heterocycles. The first-order valence-corrected chi connectivity index (χ1v) is 9.78. The SMILES string of the molecule is Cc1cccc(C)c1NC(=O)COC(=O)CCCC(=O)Nc1ccc(Cl)c(Cl)c1. The number of hydrogen-bond acceptors (Lipinski definition) is 4. The van der Waals surface area contributed by atoms with Crippen LogP contribution < -0.4 is 10.6 Å². The van der Waals surface area contributed by atoms with Crippen molar-refractivity contribution >= 4 is 52.4 Å². The summed E-state index contributed by atoms with van der Waals surface area (Å²) in [5, 5.41) is 6.15. The van der Waals surface area contributed by atoms with Crippen molar-refractivity contribution in [3.63, 3.8) is 0 Å². The number of aryl methyl sites for hydroxylation is 2. The van der Waals surface area contributed by atoms with Gasteiger partial charge >= 0.3 is 5.97 Å². The normalized spacial score (nSPS) is 10.3. The van der Waals surface area contributed by atoms with Gasteiger partial charge in [0.25, 0.3) is 5.91 Å². The van der Waals surface area contributed by atoms with Crippen LogP contribution in [0.2, 0.25) is 10.0 Å². The second-order valence-electron chi connectivity index (χ2n) is 6.51. The number of anilines is 2. The molecule has 0 saturated carbocycles. The molecular formula is C21H22Cl2N2O4. The molecule has 0 atom stereocenters. The summed E-state index contributed by atoms with van der Waals surface area (Å²) >= 11 is 11.7. The molecule has 2 aromatic rings. The molecule has 0 radical (unpaired) electrons. The van der Waals surface area contributed by atoms with Gasteiger partial charge in [-0.25, -0.2) is 0 Å². The molecular weight excluding hydrogens is 415 g/mol. The van der Waals surface area contributed by atoms with Gasteiger partial charge in [0.1, 0.15) is 0 Å². The molecule has 8 heteroatoms. The van der Waals surface area contributed by atoms with Crippen LogP contribution >= 0.6 is 23.2 Å². The van der Waals surface area contributed by atoms with Crippen molar-refractivity contribution in [2.24, 2.45) is 0 Å². The standard InChI is InChI=1S/C21H22Cl2N2O4/c1-13-5-3-6-14(2)21(13)25-19(27)12-29-20(28)8-4-7-18(26)24-15-9-10-16(22)17(23)11-15/h3,5-6,9-11H,4,7-8,12H2,1-2H3,(H,24,26)(H,25,27). The smallest absolute Gasteiger partial charge is 0.306 e. The van der Waals surface area contributed by atoms with E-state index >= 15 is 0 Å². The highest BCUT2D eigenvalue weighted by atomic mass is 35.5. The lowest BCUT2D eigenvalue weighted by Crippen LogP contribution is -2.22. The topological polar surface area (TPSA) is 84.5 Å². The summed E-state index contributed by atoms with van der Waals surface area (Å²) in [5.74, 6) is -1.21. The monoisotopic (exact) mass is 436 g/mol. The highest BCUT2D eigenvalue weighted by molar-refractivity contribution is 6.42. The molecule has 0 saturated heterocycles. The number of carbonyl (C=O) groups is 3. The first kappa shape index (κ1) is 22.7. The maximum Gasteiger partial charge on any atom is 0.306 e. The first-order chi connectivity index (χ1) is 13.8. The van der Waals surface area contributed by atoms with Crippen molar-refractivity contribution in [1.29, 1.82) is 0 Å². The number of ether oxygens (including phenoxy) is 1. The fourth-order valence-electron chi connectivity index (χ4n) is 2.60. The summed E-state index contributed by atoms with van der Waals surface area (Å²) in [5.41, 5.74) is 3.10. The molecule has 2 amide bonds. The van der Waals surface area contributed by atoms with Crippen molar-refractivity contribution in [2.45, 2.75) is 33.1 Å². The van der Waals surface area contributed by atoms with Crippen LogP contribution in [0.3, 0.4) is 0 Å². The van der Waals surface area contributed by atoms with Gasteiger partial charge in [0.2, 0.25) is 5.91 Å². The third kappa shape index (κ3) is 7.40. The largest absolute Gasteiger partial charge is 0.456 e. The van der Waals surface area contributed by atoms with Crippen LogP contribution in [0.25, 0.3) is 0 Å². The van der Waals surface area contributed by atoms with Gasteiger partial charge in [-0.05, 0) is 49.6 Å². The number of amides is 2. The highest BCUT2D eigenvalue weighted by Crippen LogP contribution is 2.25. The van der Waals surface area contributed by atoms with Gasteiger partial charge in [-0.1, -0.05) is 41.4 Å². The van der Waals surface area contributed by atoms with Crippen LogP contribution in [0.1, 0.15) is 30.4 Å². The fourth-order valence-corrected chi connectivity index (χ4v) is 2.89. The van der Waals surface area contributed by atoms with E-state index in [1.165, 1.54) is 0 Å². The van der Waals surface area contributed by atoms with E-state index in [-0.39, 0.29) is 25.4 Å². The number of esters is 1. The van der Waals surface area contributed by atoms with Gasteiger partial charge in [0.15, 0.2) is 6.61 Å². The Labute approximate surface area is 179 Å². The minimum absolute atomic E-state index is 0.0332. The van der Waals surface area contributed by atoms with Crippen LogP contribution in [0, 0.1) is 13.8 Å². The minimum Gasteiger partial charge on any atom is -0.456 e. The van der Waals surface area contributed by atoms with E-state index in [0.717, 1.165) is 11.1 Å². The average Bonchev–Trinajstić information content (AvgIpc) is 2.66. The molecule has 0 bridgehead atoms. The van der Waals surface area contributed by atoms with E-state index in [0.29, 0.717) is 27.8 Å². The Morgan fingerprint density at radius 3 is 2.24 bits per heavy atom. The maximum absolute atomic E-state index is 12.0. The molecule has 0 unspecified atom stereocenters. The molecule has 0 heterocycles. The Morgan fingerprint density at radius 2 is 1.59 bits per heavy atom. The molecule has 0 aliphatic heterocycles. The van der Waals surface area contributed by atoms with Crippen LogP contribution in [0.5, 0.6) is 0 Å². The third-order valence-corrected chi connectivity index (χ3v) is 4.84. The predicted molar refractivity (Wildman–Crippen MR) is 114 cm³/mol. The molecule has 154 valence electrons. The molecule has 2 N–H and O–H groups in total. The lowest BCUT2D eigenvalue weighted by atomic mass is 10.1. The molecule has 2 rings (SSSR count). The number of para-hydroxylation sites is 1. The second kappa shape index (κ2) is 10.8. The van der Waals surface area contributed by atoms with Crippen molar-refractivity contribution in [2.75, 3.05) is 17.2 Å². The van der Waals surface area contributed by atoms with Crippen LogP contribution in [0.4, 0.5) is 11.4 Å². The van der Waals surface area contributed by atoms with Crippen molar-refractivity contribution in [3.8, 4) is 0 Å². The Bertz CT molecular complexity index is 895. The lowest BCUT2D eigenvalue weighted by molar-refractivity contribution is -0.147. The number of carbonyl (C=O) groups excluding carboxylic acids is 3. The minimum atomic E-state index is -0.538. The Kier molecular flexibility index (Phi) is 8.49. The molecule has 0 spiro atoms. The number of hydrogen-bond donors (Lipinski definition) is 2. The summed E-state index contributed by atoms with van der Waals surface area (Å²) < 4.78 is 4.97. The third-order valence-electron chi connectivity index (χ3n) is 4.10. The Balaban J connectivity index is 1.68. The summed E-state index contributed by atoms with van der Waals surface area (Å²) in [4.78, 5) is 35.7. The van der Waals surface area contributed by atoms with E-state index in [2.05, 4.69) is 10.6 Å². The molecule has 0 aliphatic rings. The fraction of sp³-hybridized carbons (Fsp3) is 0.286.